The predicted molar refractivity (Wildman–Crippen MR) is 107 cm³/mol. The lowest BCUT2D eigenvalue weighted by Crippen LogP contribution is -2.39. The number of rotatable bonds is 4. The summed E-state index contributed by atoms with van der Waals surface area (Å²) in [6.45, 7) is 0. The number of carboxylic acid groups (broad SMARTS) is 1. The van der Waals surface area contributed by atoms with Gasteiger partial charge in [0.1, 0.15) is 22.9 Å². The lowest BCUT2D eigenvalue weighted by molar-refractivity contribution is -0.384. The summed E-state index contributed by atoms with van der Waals surface area (Å²) >= 11 is 0. The molecule has 2 aliphatic heterocycles. The molecule has 1 aromatic carbocycles. The Bertz CT molecular complexity index is 1290. The van der Waals surface area contributed by atoms with E-state index in [0.29, 0.717) is 17.1 Å². The second-order valence-electron chi connectivity index (χ2n) is 7.40. The summed E-state index contributed by atoms with van der Waals surface area (Å²) in [5, 5.41) is 28.4. The first-order valence-electron chi connectivity index (χ1n) is 9.40. The molecule has 11 heteroatoms. The van der Waals surface area contributed by atoms with Gasteiger partial charge < -0.3 is 14.6 Å². The number of anilines is 1. The summed E-state index contributed by atoms with van der Waals surface area (Å²) in [6.07, 6.45) is 4.32. The van der Waals surface area contributed by atoms with Crippen molar-refractivity contribution in [3.05, 3.63) is 79.5 Å². The quantitative estimate of drug-likeness (QED) is 0.589. The monoisotopic (exact) mass is 423 g/mol. The Hall–Kier alpha value is -4.15. The van der Waals surface area contributed by atoms with E-state index in [1.807, 2.05) is 0 Å². The van der Waals surface area contributed by atoms with Crippen LogP contribution in [0.3, 0.4) is 0 Å². The molecule has 2 aromatic rings. The number of halogens is 1. The van der Waals surface area contributed by atoms with Crippen molar-refractivity contribution >= 4 is 29.2 Å². The lowest BCUT2D eigenvalue weighted by Gasteiger charge is -2.35. The molecule has 0 amide bonds. The second-order valence-corrected chi connectivity index (χ2v) is 7.40. The van der Waals surface area contributed by atoms with Gasteiger partial charge in [-0.25, -0.2) is 9.18 Å². The van der Waals surface area contributed by atoms with E-state index < -0.39 is 33.9 Å². The smallest absolute Gasteiger partial charge is 0.341 e. The number of carbonyl (C=O) groups is 1. The summed E-state index contributed by atoms with van der Waals surface area (Å²) in [4.78, 5) is 36.1. The number of nitro groups is 1. The van der Waals surface area contributed by atoms with Gasteiger partial charge in [0.25, 0.3) is 5.69 Å². The van der Waals surface area contributed by atoms with Crippen molar-refractivity contribution in [1.82, 2.24) is 4.57 Å². The molecule has 0 saturated heterocycles. The number of aromatic carboxylic acids is 1. The number of non-ortho nitro benzene ring substituents is 1. The Morgan fingerprint density at radius 2 is 1.97 bits per heavy atom. The van der Waals surface area contributed by atoms with Crippen LogP contribution in [0, 0.1) is 10.1 Å². The van der Waals surface area contributed by atoms with E-state index in [9.17, 15) is 29.2 Å². The highest BCUT2D eigenvalue weighted by Gasteiger charge is 2.38. The highest BCUT2D eigenvalue weighted by molar-refractivity contribution is 5.90. The number of hydrogen-bond acceptors (Lipinski definition) is 7. The van der Waals surface area contributed by atoms with Gasteiger partial charge in [-0.05, 0) is 31.1 Å². The Morgan fingerprint density at radius 1 is 1.26 bits per heavy atom. The Kier molecular flexibility index (Phi) is 4.07. The molecule has 1 atom stereocenters. The van der Waals surface area contributed by atoms with Crippen molar-refractivity contribution in [3.63, 3.8) is 0 Å². The minimum atomic E-state index is -1.38. The third-order valence-corrected chi connectivity index (χ3v) is 5.36. The van der Waals surface area contributed by atoms with Crippen LogP contribution in [-0.4, -0.2) is 26.7 Å². The molecule has 1 aliphatic carbocycles. The first-order valence-corrected chi connectivity index (χ1v) is 9.40. The Morgan fingerprint density at radius 3 is 2.58 bits per heavy atom. The standard InChI is InChI=1S/C20H14FN5O5/c21-15-7-13-17(27)14(20(28)29)8-24(11-5-6-11)19(13)25-9-16(22-23-18(15)25)10-1-3-12(4-2-10)26(30)31/h1-4,7-9,11,18H,5-6H2,(H,28,29). The summed E-state index contributed by atoms with van der Waals surface area (Å²) in [5.74, 6) is -1.77. The zero-order valence-corrected chi connectivity index (χ0v) is 15.8. The number of pyridine rings is 1. The molecule has 1 unspecified atom stereocenters. The molecule has 156 valence electrons. The third-order valence-electron chi connectivity index (χ3n) is 5.36. The van der Waals surface area contributed by atoms with Gasteiger partial charge in [-0.3, -0.25) is 14.9 Å². The van der Waals surface area contributed by atoms with Crippen LogP contribution < -0.4 is 10.3 Å². The fraction of sp³-hybridized carbons (Fsp3) is 0.200. The molecule has 3 aliphatic rings. The molecule has 1 fully saturated rings. The first-order chi connectivity index (χ1) is 14.8. The molecule has 0 radical (unpaired) electrons. The van der Waals surface area contributed by atoms with Crippen LogP contribution in [0.1, 0.15) is 40.4 Å². The minimum Gasteiger partial charge on any atom is -0.477 e. The SMILES string of the molecule is O=C(O)c1cn(C2CC2)c2c(c1=O)C=C(F)C1N=NC(c3ccc([N+](=O)[O-])cc3)=CN21. The molecule has 0 bridgehead atoms. The number of fused-ring (bicyclic) bond motifs is 3. The van der Waals surface area contributed by atoms with Gasteiger partial charge in [0.2, 0.25) is 5.43 Å². The van der Waals surface area contributed by atoms with E-state index in [0.717, 1.165) is 18.9 Å². The van der Waals surface area contributed by atoms with Gasteiger partial charge >= 0.3 is 5.97 Å². The van der Waals surface area contributed by atoms with Crippen LogP contribution in [0.25, 0.3) is 11.8 Å². The molecule has 5 rings (SSSR count). The van der Waals surface area contributed by atoms with Crippen molar-refractivity contribution in [2.45, 2.75) is 25.0 Å². The number of benzene rings is 1. The Labute approximate surface area is 173 Å². The molecule has 1 aromatic heterocycles. The number of azo groups is 1. The van der Waals surface area contributed by atoms with E-state index in [1.165, 1.54) is 41.6 Å². The average Bonchev–Trinajstić information content (AvgIpc) is 3.59. The predicted octanol–water partition coefficient (Wildman–Crippen LogP) is 3.71. The van der Waals surface area contributed by atoms with Crippen molar-refractivity contribution in [3.8, 4) is 0 Å². The van der Waals surface area contributed by atoms with Crippen LogP contribution in [0.5, 0.6) is 0 Å². The first kappa shape index (κ1) is 18.9. The van der Waals surface area contributed by atoms with Crippen LogP contribution in [0.4, 0.5) is 15.9 Å². The van der Waals surface area contributed by atoms with Crippen molar-refractivity contribution in [1.29, 1.82) is 0 Å². The summed E-state index contributed by atoms with van der Waals surface area (Å²) in [6, 6.07) is 5.64. The second kappa shape index (κ2) is 6.69. The van der Waals surface area contributed by atoms with E-state index in [-0.39, 0.29) is 17.3 Å². The maximum atomic E-state index is 14.8. The Balaban J connectivity index is 1.67. The zero-order chi connectivity index (χ0) is 21.9. The van der Waals surface area contributed by atoms with E-state index in [4.69, 9.17) is 0 Å². The fourth-order valence-electron chi connectivity index (χ4n) is 3.69. The molecule has 1 saturated carbocycles. The van der Waals surface area contributed by atoms with Crippen molar-refractivity contribution < 1.29 is 19.2 Å². The summed E-state index contributed by atoms with van der Waals surface area (Å²) < 4.78 is 16.5. The van der Waals surface area contributed by atoms with Crippen LogP contribution in [0.15, 0.2) is 57.5 Å². The number of nitro benzene ring substituents is 1. The van der Waals surface area contributed by atoms with Gasteiger partial charge in [0.05, 0.1) is 10.5 Å². The largest absolute Gasteiger partial charge is 0.477 e. The van der Waals surface area contributed by atoms with Gasteiger partial charge in [-0.2, -0.15) is 10.2 Å². The number of nitrogens with zero attached hydrogens (tertiary/aromatic N) is 5. The van der Waals surface area contributed by atoms with E-state index in [2.05, 4.69) is 10.2 Å². The number of aromatic nitrogens is 1. The highest BCUT2D eigenvalue weighted by atomic mass is 19.1. The van der Waals surface area contributed by atoms with Gasteiger partial charge in [0, 0.05) is 36.1 Å². The summed E-state index contributed by atoms with van der Waals surface area (Å²) in [7, 11) is 0. The van der Waals surface area contributed by atoms with Gasteiger partial charge in [0.15, 0.2) is 6.17 Å². The minimum absolute atomic E-state index is 0.00208. The molecule has 10 nitrogen and oxygen atoms in total. The normalized spacial score (nSPS) is 19.3. The van der Waals surface area contributed by atoms with Gasteiger partial charge in [-0.1, -0.05) is 0 Å². The fourth-order valence-corrected chi connectivity index (χ4v) is 3.69. The molecule has 31 heavy (non-hydrogen) atoms. The highest BCUT2D eigenvalue weighted by Crippen LogP contribution is 2.43. The number of hydrogen-bond donors (Lipinski definition) is 1. The molecule has 0 spiro atoms. The zero-order valence-electron chi connectivity index (χ0n) is 15.8. The molecule has 1 N–H and O–H groups in total. The van der Waals surface area contributed by atoms with E-state index >= 15 is 0 Å². The molecular weight excluding hydrogens is 409 g/mol. The summed E-state index contributed by atoms with van der Waals surface area (Å²) in [5.41, 5.74) is -0.504. The van der Waals surface area contributed by atoms with Crippen LogP contribution in [0.2, 0.25) is 0 Å². The maximum Gasteiger partial charge on any atom is 0.341 e. The lowest BCUT2D eigenvalue weighted by atomic mass is 10.0. The number of carboxylic acids is 1. The average molecular weight is 423 g/mol. The topological polar surface area (TPSA) is 130 Å². The third kappa shape index (κ3) is 3.01. The van der Waals surface area contributed by atoms with Crippen molar-refractivity contribution in [2.75, 3.05) is 4.90 Å². The van der Waals surface area contributed by atoms with Crippen molar-refractivity contribution in [2.24, 2.45) is 10.2 Å². The van der Waals surface area contributed by atoms with Gasteiger partial charge in [-0.15, -0.1) is 0 Å². The molecular formula is C20H14FN5O5. The van der Waals surface area contributed by atoms with Crippen LogP contribution >= 0.6 is 0 Å². The maximum absolute atomic E-state index is 14.8. The van der Waals surface area contributed by atoms with Crippen LogP contribution in [-0.2, 0) is 0 Å². The molecule has 3 heterocycles. The van der Waals surface area contributed by atoms with E-state index in [1.54, 1.807) is 4.57 Å².